The van der Waals surface area contributed by atoms with Crippen LogP contribution in [0.2, 0.25) is 5.02 Å². The van der Waals surface area contributed by atoms with Gasteiger partial charge in [0.25, 0.3) is 0 Å². The van der Waals surface area contributed by atoms with Crippen molar-refractivity contribution in [3.05, 3.63) is 29.3 Å². The Morgan fingerprint density at radius 3 is 2.85 bits per heavy atom. The molecule has 2 rings (SSSR count). The fraction of sp³-hybridized carbons (Fsp3) is 0.385. The van der Waals surface area contributed by atoms with E-state index >= 15 is 0 Å². The van der Waals surface area contributed by atoms with Crippen molar-refractivity contribution in [2.75, 3.05) is 6.54 Å². The Balaban J connectivity index is 2.11. The van der Waals surface area contributed by atoms with Gasteiger partial charge in [-0.05, 0) is 25.1 Å². The summed E-state index contributed by atoms with van der Waals surface area (Å²) < 4.78 is 4.28. The van der Waals surface area contributed by atoms with Gasteiger partial charge in [-0.15, -0.1) is 0 Å². The van der Waals surface area contributed by atoms with Crippen LogP contribution in [-0.4, -0.2) is 23.3 Å². The van der Waals surface area contributed by atoms with Gasteiger partial charge in [0.2, 0.25) is 0 Å². The molecule has 0 spiro atoms. The van der Waals surface area contributed by atoms with Gasteiger partial charge in [0.05, 0.1) is 6.54 Å². The van der Waals surface area contributed by atoms with Crippen LogP contribution in [-0.2, 0) is 4.84 Å². The number of hydrazone groups is 1. The summed E-state index contributed by atoms with van der Waals surface area (Å²) in [6.07, 6.45) is 0. The predicted molar refractivity (Wildman–Crippen MR) is 83.6 cm³/mol. The molecule has 0 aliphatic carbocycles. The highest BCUT2D eigenvalue weighted by Crippen LogP contribution is 2.28. The van der Waals surface area contributed by atoms with Crippen LogP contribution in [0.15, 0.2) is 38.7 Å². The van der Waals surface area contributed by atoms with E-state index in [4.69, 9.17) is 22.3 Å². The van der Waals surface area contributed by atoms with E-state index < -0.39 is 0 Å². The summed E-state index contributed by atoms with van der Waals surface area (Å²) >= 11 is 7.17. The van der Waals surface area contributed by atoms with Crippen LogP contribution in [0.1, 0.15) is 20.8 Å². The van der Waals surface area contributed by atoms with Crippen LogP contribution in [0, 0.1) is 5.41 Å². The van der Waals surface area contributed by atoms with Gasteiger partial charge in [0.15, 0.2) is 0 Å². The van der Waals surface area contributed by atoms with Gasteiger partial charge in [-0.1, -0.05) is 31.5 Å². The number of halogens is 1. The van der Waals surface area contributed by atoms with Crippen LogP contribution in [0.4, 0.5) is 0 Å². The largest absolute Gasteiger partial charge is 0.371 e. The molecule has 108 valence electrons. The first-order valence-electron chi connectivity index (χ1n) is 6.13. The van der Waals surface area contributed by atoms with Gasteiger partial charge in [-0.25, -0.2) is 5.01 Å². The molecule has 0 bridgehead atoms. The molecular weight excluding hydrogens is 296 g/mol. The van der Waals surface area contributed by atoms with E-state index in [1.54, 1.807) is 5.01 Å². The monoisotopic (exact) mass is 312 g/mol. The second-order valence-electron chi connectivity index (χ2n) is 5.17. The number of nitrogens with two attached hydrogens (primary N) is 1. The van der Waals surface area contributed by atoms with Gasteiger partial charge in [0, 0.05) is 33.0 Å². The third-order valence-electron chi connectivity index (χ3n) is 3.15. The van der Waals surface area contributed by atoms with Crippen molar-refractivity contribution in [3.8, 4) is 0 Å². The number of hydrogen-bond acceptors (Lipinski definition) is 5. The Labute approximate surface area is 127 Å². The molecule has 0 fully saturated rings. The summed E-state index contributed by atoms with van der Waals surface area (Å²) in [6.45, 7) is 6.90. The Bertz CT molecular complexity index is 559. The molecule has 1 aromatic rings. The van der Waals surface area contributed by atoms with E-state index in [2.05, 4.69) is 23.3 Å². The summed E-state index contributed by atoms with van der Waals surface area (Å²) in [4.78, 5) is 5.75. The summed E-state index contributed by atoms with van der Waals surface area (Å²) in [6, 6.07) is 7.69. The van der Waals surface area contributed by atoms with Gasteiger partial charge in [-0.2, -0.15) is 15.4 Å². The van der Waals surface area contributed by atoms with Crippen molar-refractivity contribution in [3.63, 3.8) is 0 Å². The first-order valence-corrected chi connectivity index (χ1v) is 7.28. The first-order chi connectivity index (χ1) is 9.42. The van der Waals surface area contributed by atoms with E-state index in [0.717, 1.165) is 10.6 Å². The van der Waals surface area contributed by atoms with E-state index in [9.17, 15) is 0 Å². The standard InChI is InChI=1S/C13H17ClN4OS/c1-9-13(2,3)8-18(16-9)12(19-15)17-20-11-6-4-5-10(14)7-11/h4-7H,8,15H2,1-3H3/b17-12-. The van der Waals surface area contributed by atoms with Crippen molar-refractivity contribution >= 4 is 35.3 Å². The lowest BCUT2D eigenvalue weighted by Crippen LogP contribution is -2.33. The normalized spacial score (nSPS) is 18.1. The molecular formula is C13H17ClN4OS. The lowest BCUT2D eigenvalue weighted by Gasteiger charge is -2.19. The number of benzene rings is 1. The van der Waals surface area contributed by atoms with Crippen molar-refractivity contribution in [2.24, 2.45) is 20.8 Å². The Morgan fingerprint density at radius 1 is 1.55 bits per heavy atom. The van der Waals surface area contributed by atoms with Crippen molar-refractivity contribution in [1.82, 2.24) is 5.01 Å². The Kier molecular flexibility index (Phi) is 4.57. The molecule has 1 aliphatic heterocycles. The van der Waals surface area contributed by atoms with Crippen LogP contribution < -0.4 is 5.90 Å². The van der Waals surface area contributed by atoms with Gasteiger partial charge in [0.1, 0.15) is 0 Å². The molecule has 0 radical (unpaired) electrons. The molecule has 2 N–H and O–H groups in total. The molecule has 0 saturated carbocycles. The maximum absolute atomic E-state index is 5.93. The van der Waals surface area contributed by atoms with Crippen molar-refractivity contribution in [2.45, 2.75) is 25.7 Å². The molecule has 0 unspecified atom stereocenters. The fourth-order valence-corrected chi connectivity index (χ4v) is 2.59. The van der Waals surface area contributed by atoms with Gasteiger partial charge < -0.3 is 4.84 Å². The number of hydrogen-bond donors (Lipinski definition) is 1. The zero-order valence-corrected chi connectivity index (χ0v) is 13.2. The van der Waals surface area contributed by atoms with Gasteiger partial charge >= 0.3 is 6.02 Å². The van der Waals surface area contributed by atoms with E-state index in [1.807, 2.05) is 31.2 Å². The SMILES string of the molecule is CC1=NN(/C(=N/Sc2cccc(Cl)c2)ON)CC1(C)C. The first kappa shape index (κ1) is 15.2. The molecule has 0 saturated heterocycles. The molecule has 0 atom stereocenters. The minimum Gasteiger partial charge on any atom is -0.371 e. The maximum Gasteiger partial charge on any atom is 0.339 e. The average molecular weight is 313 g/mol. The molecule has 5 nitrogen and oxygen atoms in total. The van der Waals surface area contributed by atoms with Gasteiger partial charge in [-0.3, -0.25) is 0 Å². The smallest absolute Gasteiger partial charge is 0.339 e. The van der Waals surface area contributed by atoms with Crippen molar-refractivity contribution < 1.29 is 4.84 Å². The molecule has 1 heterocycles. The van der Waals surface area contributed by atoms with Crippen LogP contribution >= 0.6 is 23.5 Å². The second kappa shape index (κ2) is 6.03. The summed E-state index contributed by atoms with van der Waals surface area (Å²) in [5, 5.41) is 6.75. The molecule has 20 heavy (non-hydrogen) atoms. The highest BCUT2D eigenvalue weighted by Gasteiger charge is 2.34. The Morgan fingerprint density at radius 2 is 2.30 bits per heavy atom. The van der Waals surface area contributed by atoms with Crippen LogP contribution in [0.3, 0.4) is 0 Å². The highest BCUT2D eigenvalue weighted by atomic mass is 35.5. The molecule has 7 heteroatoms. The summed E-state index contributed by atoms with van der Waals surface area (Å²) in [5.74, 6) is 5.30. The van der Waals surface area contributed by atoms with E-state index in [1.165, 1.54) is 11.9 Å². The lowest BCUT2D eigenvalue weighted by molar-refractivity contribution is 0.235. The molecule has 1 aromatic carbocycles. The fourth-order valence-electron chi connectivity index (χ4n) is 1.70. The minimum absolute atomic E-state index is 0.0139. The molecule has 0 aromatic heterocycles. The predicted octanol–water partition coefficient (Wildman–Crippen LogP) is 3.31. The van der Waals surface area contributed by atoms with Crippen LogP contribution in [0.25, 0.3) is 0 Å². The van der Waals surface area contributed by atoms with E-state index in [0.29, 0.717) is 11.6 Å². The summed E-state index contributed by atoms with van der Waals surface area (Å²) in [7, 11) is 0. The number of rotatable bonds is 2. The lowest BCUT2D eigenvalue weighted by atomic mass is 9.89. The molecule has 0 amide bonds. The minimum atomic E-state index is -0.0139. The zero-order valence-electron chi connectivity index (χ0n) is 11.6. The topological polar surface area (TPSA) is 63.2 Å². The van der Waals surface area contributed by atoms with E-state index in [-0.39, 0.29) is 11.4 Å². The quantitative estimate of drug-likeness (QED) is 0.394. The third kappa shape index (κ3) is 3.45. The number of amidine groups is 1. The highest BCUT2D eigenvalue weighted by molar-refractivity contribution is 7.98. The number of nitrogens with zero attached hydrogens (tertiary/aromatic N) is 3. The maximum atomic E-state index is 5.93. The summed E-state index contributed by atoms with van der Waals surface area (Å²) in [5.41, 5.74) is 1.01. The Hall–Kier alpha value is -1.24. The van der Waals surface area contributed by atoms with Crippen LogP contribution in [0.5, 0.6) is 0 Å². The second-order valence-corrected chi connectivity index (χ2v) is 6.44. The molecule has 1 aliphatic rings. The third-order valence-corrected chi connectivity index (χ3v) is 4.09. The van der Waals surface area contributed by atoms with Crippen molar-refractivity contribution in [1.29, 1.82) is 0 Å². The average Bonchev–Trinajstić information content (AvgIpc) is 2.64. The zero-order chi connectivity index (χ0) is 14.8.